The van der Waals surface area contributed by atoms with Gasteiger partial charge >= 0.3 is 0 Å². The summed E-state index contributed by atoms with van der Waals surface area (Å²) in [7, 11) is 0. The third-order valence-corrected chi connectivity index (χ3v) is 4.06. The van der Waals surface area contributed by atoms with E-state index in [0.717, 1.165) is 25.9 Å². The predicted molar refractivity (Wildman–Crippen MR) is 74.5 cm³/mol. The van der Waals surface area contributed by atoms with Crippen LogP contribution in [0.25, 0.3) is 0 Å². The Labute approximate surface area is 116 Å². The van der Waals surface area contributed by atoms with Gasteiger partial charge in [-0.15, -0.1) is 11.6 Å². The molecule has 0 spiro atoms. The van der Waals surface area contributed by atoms with E-state index in [0.29, 0.717) is 24.3 Å². The lowest BCUT2D eigenvalue weighted by molar-refractivity contribution is -0.117. The highest BCUT2D eigenvalue weighted by Crippen LogP contribution is 2.30. The lowest BCUT2D eigenvalue weighted by Gasteiger charge is -2.21. The molecule has 1 atom stereocenters. The largest absolute Gasteiger partial charge is 0.369 e. The Balaban J connectivity index is 1.85. The first kappa shape index (κ1) is 12.7. The molecule has 1 amide bonds. The van der Waals surface area contributed by atoms with Crippen LogP contribution in [0, 0.1) is 5.82 Å². The number of nitrogens with zero attached hydrogens (tertiary/aromatic N) is 2. The van der Waals surface area contributed by atoms with Crippen LogP contribution < -0.4 is 9.80 Å². The zero-order valence-electron chi connectivity index (χ0n) is 10.6. The van der Waals surface area contributed by atoms with E-state index in [1.54, 1.807) is 11.0 Å². The van der Waals surface area contributed by atoms with Crippen LogP contribution in [0.15, 0.2) is 18.2 Å². The van der Waals surface area contributed by atoms with Crippen LogP contribution >= 0.6 is 11.6 Å². The van der Waals surface area contributed by atoms with E-state index in [-0.39, 0.29) is 17.1 Å². The molecule has 2 fully saturated rings. The monoisotopic (exact) mass is 282 g/mol. The summed E-state index contributed by atoms with van der Waals surface area (Å²) < 4.78 is 14.2. The molecule has 3 nitrogen and oxygen atoms in total. The number of alkyl halides is 1. The number of carbonyl (C=O) groups is 1. The van der Waals surface area contributed by atoms with E-state index in [4.69, 9.17) is 11.6 Å². The van der Waals surface area contributed by atoms with E-state index in [9.17, 15) is 9.18 Å². The zero-order valence-corrected chi connectivity index (χ0v) is 11.4. The smallest absolute Gasteiger partial charge is 0.228 e. The summed E-state index contributed by atoms with van der Waals surface area (Å²) in [5.41, 5.74) is 1.24. The molecule has 3 rings (SSSR count). The minimum absolute atomic E-state index is 0.0340. The van der Waals surface area contributed by atoms with Gasteiger partial charge in [0.2, 0.25) is 5.91 Å². The van der Waals surface area contributed by atoms with Crippen LogP contribution in [0.3, 0.4) is 0 Å². The van der Waals surface area contributed by atoms with Crippen molar-refractivity contribution in [1.29, 1.82) is 0 Å². The molecule has 19 heavy (non-hydrogen) atoms. The topological polar surface area (TPSA) is 23.6 Å². The summed E-state index contributed by atoms with van der Waals surface area (Å²) in [5, 5.41) is -0.172. The number of benzene rings is 1. The van der Waals surface area contributed by atoms with Crippen LogP contribution in [0.4, 0.5) is 15.8 Å². The van der Waals surface area contributed by atoms with Crippen molar-refractivity contribution >= 4 is 28.9 Å². The fourth-order valence-corrected chi connectivity index (χ4v) is 3.06. The maximum absolute atomic E-state index is 14.2. The molecule has 1 unspecified atom stereocenters. The molecule has 2 aliphatic rings. The first-order valence-electron chi connectivity index (χ1n) is 6.64. The zero-order chi connectivity index (χ0) is 13.4. The molecule has 0 bridgehead atoms. The predicted octanol–water partition coefficient (Wildman–Crippen LogP) is 2.77. The third-order valence-electron chi connectivity index (χ3n) is 3.77. The number of carbonyl (C=O) groups excluding carboxylic acids is 1. The van der Waals surface area contributed by atoms with E-state index in [1.807, 2.05) is 6.07 Å². The van der Waals surface area contributed by atoms with E-state index < -0.39 is 0 Å². The third kappa shape index (κ3) is 2.41. The first-order valence-corrected chi connectivity index (χ1v) is 7.08. The lowest BCUT2D eigenvalue weighted by Crippen LogP contribution is -2.25. The van der Waals surface area contributed by atoms with Gasteiger partial charge in [0.25, 0.3) is 0 Å². The van der Waals surface area contributed by atoms with Crippen LogP contribution in [-0.4, -0.2) is 30.9 Å². The van der Waals surface area contributed by atoms with Crippen molar-refractivity contribution in [2.45, 2.75) is 24.6 Å². The Kier molecular flexibility index (Phi) is 3.35. The molecule has 2 saturated heterocycles. The second-order valence-electron chi connectivity index (χ2n) is 5.14. The molecule has 0 aliphatic carbocycles. The molecule has 0 aromatic heterocycles. The van der Waals surface area contributed by atoms with Gasteiger partial charge in [-0.1, -0.05) is 0 Å². The highest BCUT2D eigenvalue weighted by atomic mass is 35.5. The minimum Gasteiger partial charge on any atom is -0.369 e. The first-order chi connectivity index (χ1) is 9.15. The average Bonchev–Trinajstić information content (AvgIpc) is 2.99. The van der Waals surface area contributed by atoms with E-state index in [1.165, 1.54) is 6.07 Å². The van der Waals surface area contributed by atoms with Crippen LogP contribution in [-0.2, 0) is 4.79 Å². The van der Waals surface area contributed by atoms with Crippen molar-refractivity contribution in [3.05, 3.63) is 24.0 Å². The lowest BCUT2D eigenvalue weighted by atomic mass is 10.2. The van der Waals surface area contributed by atoms with Gasteiger partial charge in [-0.3, -0.25) is 4.79 Å². The molecule has 2 heterocycles. The molecule has 2 aliphatic heterocycles. The van der Waals surface area contributed by atoms with Gasteiger partial charge in [0.15, 0.2) is 0 Å². The molecular weight excluding hydrogens is 267 g/mol. The van der Waals surface area contributed by atoms with Gasteiger partial charge in [0.1, 0.15) is 5.82 Å². The molecule has 0 N–H and O–H groups in total. The number of rotatable bonds is 2. The Morgan fingerprint density at radius 1 is 1.26 bits per heavy atom. The Hall–Kier alpha value is -1.29. The maximum atomic E-state index is 14.2. The molecule has 0 radical (unpaired) electrons. The van der Waals surface area contributed by atoms with Gasteiger partial charge in [-0.2, -0.15) is 0 Å². The van der Waals surface area contributed by atoms with Crippen LogP contribution in [0.5, 0.6) is 0 Å². The van der Waals surface area contributed by atoms with Gasteiger partial charge in [-0.05, 0) is 31.0 Å². The van der Waals surface area contributed by atoms with Crippen molar-refractivity contribution in [1.82, 2.24) is 0 Å². The van der Waals surface area contributed by atoms with Gasteiger partial charge < -0.3 is 9.80 Å². The number of amides is 1. The summed E-state index contributed by atoms with van der Waals surface area (Å²) in [6, 6.07) is 5.02. The molecule has 1 aromatic rings. The van der Waals surface area contributed by atoms with E-state index >= 15 is 0 Å². The Bertz CT molecular complexity index is 502. The normalized spacial score (nSPS) is 23.5. The molecular formula is C14H16ClFN2O. The second-order valence-corrected chi connectivity index (χ2v) is 5.75. The average molecular weight is 283 g/mol. The maximum Gasteiger partial charge on any atom is 0.228 e. The summed E-state index contributed by atoms with van der Waals surface area (Å²) in [4.78, 5) is 15.4. The highest BCUT2D eigenvalue weighted by Gasteiger charge is 2.29. The number of anilines is 2. The van der Waals surface area contributed by atoms with Crippen molar-refractivity contribution in [2.75, 3.05) is 29.4 Å². The molecule has 102 valence electrons. The standard InChI is InChI=1S/C14H16ClFN2O/c15-10-7-14(19)18(9-10)11-3-4-13(12(16)8-11)17-5-1-2-6-17/h3-4,8,10H,1-2,5-7,9H2. The summed E-state index contributed by atoms with van der Waals surface area (Å²) in [6.07, 6.45) is 2.55. The fraction of sp³-hybridized carbons (Fsp3) is 0.500. The number of hydrogen-bond donors (Lipinski definition) is 0. The molecule has 5 heteroatoms. The van der Waals surface area contributed by atoms with E-state index in [2.05, 4.69) is 4.90 Å². The second kappa shape index (κ2) is 5.00. The summed E-state index contributed by atoms with van der Waals surface area (Å²) in [5.74, 6) is -0.293. The van der Waals surface area contributed by atoms with Crippen molar-refractivity contribution in [3.63, 3.8) is 0 Å². The van der Waals surface area contributed by atoms with Crippen LogP contribution in [0.1, 0.15) is 19.3 Å². The highest BCUT2D eigenvalue weighted by molar-refractivity contribution is 6.24. The molecule has 1 aromatic carbocycles. The van der Waals surface area contributed by atoms with Gasteiger partial charge in [0.05, 0.1) is 11.1 Å². The van der Waals surface area contributed by atoms with Crippen LogP contribution in [0.2, 0.25) is 0 Å². The molecule has 0 saturated carbocycles. The number of halogens is 2. The fourth-order valence-electron chi connectivity index (χ4n) is 2.79. The Morgan fingerprint density at radius 2 is 2.00 bits per heavy atom. The summed E-state index contributed by atoms with van der Waals surface area (Å²) in [6.45, 7) is 2.27. The quantitative estimate of drug-likeness (QED) is 0.779. The van der Waals surface area contributed by atoms with Crippen molar-refractivity contribution < 1.29 is 9.18 Å². The van der Waals surface area contributed by atoms with Gasteiger partial charge in [-0.25, -0.2) is 4.39 Å². The Morgan fingerprint density at radius 3 is 2.58 bits per heavy atom. The van der Waals surface area contributed by atoms with Gasteiger partial charge in [0, 0.05) is 31.7 Å². The minimum atomic E-state index is -0.259. The summed E-state index contributed by atoms with van der Waals surface area (Å²) >= 11 is 5.96. The SMILES string of the molecule is O=C1CC(Cl)CN1c1ccc(N2CCCC2)c(F)c1. The number of hydrogen-bond acceptors (Lipinski definition) is 2. The van der Waals surface area contributed by atoms with Crippen molar-refractivity contribution in [3.8, 4) is 0 Å². The van der Waals surface area contributed by atoms with Crippen molar-refractivity contribution in [2.24, 2.45) is 0 Å².